The molecule has 0 saturated heterocycles. The van der Waals surface area contributed by atoms with E-state index in [0.717, 1.165) is 74.0 Å². The smallest absolute Gasteiger partial charge is 0.854 e. The predicted molar refractivity (Wildman–Crippen MR) is 202 cm³/mol. The van der Waals surface area contributed by atoms with Crippen molar-refractivity contribution in [2.24, 2.45) is 46.3 Å². The Labute approximate surface area is 327 Å². The van der Waals surface area contributed by atoms with Gasteiger partial charge in [-0.1, -0.05) is 155 Å². The molecule has 0 aromatic rings. The van der Waals surface area contributed by atoms with Crippen LogP contribution in [0.2, 0.25) is 0 Å². The monoisotopic (exact) mass is 691 g/mol. The van der Waals surface area contributed by atoms with Crippen LogP contribution in [0.4, 0.5) is 0 Å². The molecule has 4 aliphatic rings. The SMILES string of the molecule is CC(C)CCC[C@@H](C)[C@H]1CCC2C3CC=C4CC(OC(=O)CCCCCCCCCCCCCCCCC[O-])CC[C@]4(C)C3CC[C@@]21C.[Na+]. The summed E-state index contributed by atoms with van der Waals surface area (Å²) in [5, 5.41) is 10.5. The van der Waals surface area contributed by atoms with E-state index in [1.165, 1.54) is 128 Å². The molecule has 49 heavy (non-hydrogen) atoms. The van der Waals surface area contributed by atoms with Gasteiger partial charge in [-0.15, -0.1) is 6.61 Å². The molecule has 0 spiro atoms. The van der Waals surface area contributed by atoms with E-state index in [2.05, 4.69) is 40.7 Å². The Kier molecular flexibility index (Phi) is 19.9. The molecule has 0 aromatic heterocycles. The van der Waals surface area contributed by atoms with Crippen LogP contribution in [-0.2, 0) is 9.53 Å². The number of unbranched alkanes of at least 4 members (excludes halogenated alkanes) is 14. The van der Waals surface area contributed by atoms with Gasteiger partial charge >= 0.3 is 35.5 Å². The van der Waals surface area contributed by atoms with Crippen molar-refractivity contribution < 1.29 is 44.2 Å². The zero-order chi connectivity index (χ0) is 34.4. The molecule has 0 N–H and O–H groups in total. The van der Waals surface area contributed by atoms with Gasteiger partial charge < -0.3 is 9.84 Å². The topological polar surface area (TPSA) is 49.4 Å². The maximum absolute atomic E-state index is 12.8. The minimum Gasteiger partial charge on any atom is -0.854 e. The van der Waals surface area contributed by atoms with Crippen LogP contribution < -0.4 is 34.7 Å². The Bertz CT molecular complexity index is 961. The van der Waals surface area contributed by atoms with Gasteiger partial charge in [0.1, 0.15) is 6.10 Å². The second-order valence-electron chi connectivity index (χ2n) is 18.4. The van der Waals surface area contributed by atoms with Crippen molar-refractivity contribution in [3.63, 3.8) is 0 Å². The van der Waals surface area contributed by atoms with E-state index in [-0.39, 0.29) is 48.2 Å². The quantitative estimate of drug-likeness (QED) is 0.0465. The first-order chi connectivity index (χ1) is 23.2. The van der Waals surface area contributed by atoms with E-state index in [1.807, 2.05) is 0 Å². The zero-order valence-corrected chi connectivity index (χ0v) is 35.6. The standard InChI is InChI=1S/C45H79O3.Na/c1-35(2)22-21-23-36(3)40-27-28-41-39-26-25-37-34-38(29-31-44(37,4)42(39)30-32-45(40,41)5)48-43(47)24-19-17-15-13-11-9-7-6-8-10-12-14-16-18-20-33-46;/h25,35-36,38-42H,6-24,26-34H2,1-5H3;/q-1;+1/t36-,38?,39?,40-,41?,42?,44+,45-;/m1./s1. The third kappa shape index (κ3) is 12.6. The molecule has 3 nitrogen and oxygen atoms in total. The first-order valence-corrected chi connectivity index (χ1v) is 21.7. The molecule has 4 unspecified atom stereocenters. The van der Waals surface area contributed by atoms with E-state index < -0.39 is 0 Å². The van der Waals surface area contributed by atoms with Crippen molar-refractivity contribution in [3.05, 3.63) is 11.6 Å². The molecular formula is C45H79NaO3. The van der Waals surface area contributed by atoms with Crippen molar-refractivity contribution >= 4 is 5.97 Å². The van der Waals surface area contributed by atoms with Gasteiger partial charge in [0.15, 0.2) is 0 Å². The molecule has 278 valence electrons. The van der Waals surface area contributed by atoms with Crippen LogP contribution in [0.25, 0.3) is 0 Å². The number of carbonyl (C=O) groups is 1. The van der Waals surface area contributed by atoms with Crippen molar-refractivity contribution in [1.82, 2.24) is 0 Å². The minimum atomic E-state index is 0. The molecular weight excluding hydrogens is 611 g/mol. The molecule has 0 aliphatic heterocycles. The Morgan fingerprint density at radius 1 is 0.755 bits per heavy atom. The third-order valence-electron chi connectivity index (χ3n) is 14.6. The van der Waals surface area contributed by atoms with Crippen LogP contribution in [0, 0.1) is 46.3 Å². The molecule has 0 amide bonds. The maximum atomic E-state index is 12.8. The van der Waals surface area contributed by atoms with Gasteiger partial charge in [-0.3, -0.25) is 4.79 Å². The number of allylic oxidation sites excluding steroid dienone is 1. The number of rotatable bonds is 23. The number of hydrogen-bond acceptors (Lipinski definition) is 3. The van der Waals surface area contributed by atoms with Crippen LogP contribution in [0.3, 0.4) is 0 Å². The molecule has 4 heteroatoms. The molecule has 4 rings (SSSR count). The first kappa shape index (κ1) is 43.6. The van der Waals surface area contributed by atoms with E-state index in [0.29, 0.717) is 17.3 Å². The normalized spacial score (nSPS) is 31.3. The van der Waals surface area contributed by atoms with Crippen LogP contribution in [-0.4, -0.2) is 18.7 Å². The Morgan fingerprint density at radius 3 is 1.94 bits per heavy atom. The van der Waals surface area contributed by atoms with Crippen LogP contribution in [0.5, 0.6) is 0 Å². The van der Waals surface area contributed by atoms with E-state index >= 15 is 0 Å². The maximum Gasteiger partial charge on any atom is 1.00 e. The van der Waals surface area contributed by atoms with Gasteiger partial charge in [-0.25, -0.2) is 0 Å². The molecule has 3 fully saturated rings. The second kappa shape index (κ2) is 22.4. The molecule has 3 saturated carbocycles. The van der Waals surface area contributed by atoms with Crippen LogP contribution >= 0.6 is 0 Å². The Morgan fingerprint density at radius 2 is 1.35 bits per heavy atom. The summed E-state index contributed by atoms with van der Waals surface area (Å²) in [6.45, 7) is 12.7. The van der Waals surface area contributed by atoms with Gasteiger partial charge in [0, 0.05) is 12.8 Å². The second-order valence-corrected chi connectivity index (χ2v) is 18.4. The number of carbonyl (C=O) groups excluding carboxylic acids is 1. The summed E-state index contributed by atoms with van der Waals surface area (Å²) in [6, 6.07) is 0. The number of esters is 1. The van der Waals surface area contributed by atoms with E-state index in [1.54, 1.807) is 5.57 Å². The van der Waals surface area contributed by atoms with Gasteiger partial charge in [0.25, 0.3) is 0 Å². The number of ether oxygens (including phenoxy) is 1. The third-order valence-corrected chi connectivity index (χ3v) is 14.6. The van der Waals surface area contributed by atoms with E-state index in [4.69, 9.17) is 4.74 Å². The Balaban J connectivity index is 0.00000650. The average Bonchev–Trinajstić information content (AvgIpc) is 3.42. The molecule has 8 atom stereocenters. The predicted octanol–water partition coefficient (Wildman–Crippen LogP) is 9.55. The fraction of sp³-hybridized carbons (Fsp3) is 0.933. The van der Waals surface area contributed by atoms with Crippen molar-refractivity contribution in [1.29, 1.82) is 0 Å². The van der Waals surface area contributed by atoms with Gasteiger partial charge in [0.2, 0.25) is 0 Å². The summed E-state index contributed by atoms with van der Waals surface area (Å²) in [6.07, 6.45) is 36.7. The largest absolute Gasteiger partial charge is 1.00 e. The zero-order valence-electron chi connectivity index (χ0n) is 33.6. The molecule has 0 heterocycles. The number of fused-ring (bicyclic) bond motifs is 5. The fourth-order valence-corrected chi connectivity index (χ4v) is 11.7. The summed E-state index contributed by atoms with van der Waals surface area (Å²) in [5.74, 6) is 5.29. The van der Waals surface area contributed by atoms with Crippen molar-refractivity contribution in [2.45, 2.75) is 214 Å². The molecule has 0 radical (unpaired) electrons. The summed E-state index contributed by atoms with van der Waals surface area (Å²) >= 11 is 0. The molecule has 0 aromatic carbocycles. The summed E-state index contributed by atoms with van der Waals surface area (Å²) in [4.78, 5) is 12.8. The Hall–Kier alpha value is 0.170. The summed E-state index contributed by atoms with van der Waals surface area (Å²) in [7, 11) is 0. The molecule has 0 bridgehead atoms. The number of hydrogen-bond donors (Lipinski definition) is 0. The fourth-order valence-electron chi connectivity index (χ4n) is 11.7. The summed E-state index contributed by atoms with van der Waals surface area (Å²) in [5.41, 5.74) is 2.51. The van der Waals surface area contributed by atoms with Gasteiger partial charge in [-0.05, 0) is 97.7 Å². The average molecular weight is 691 g/mol. The first-order valence-electron chi connectivity index (χ1n) is 21.7. The van der Waals surface area contributed by atoms with Crippen LogP contribution in [0.15, 0.2) is 11.6 Å². The van der Waals surface area contributed by atoms with Crippen molar-refractivity contribution in [3.8, 4) is 0 Å². The van der Waals surface area contributed by atoms with E-state index in [9.17, 15) is 9.90 Å². The van der Waals surface area contributed by atoms with Gasteiger partial charge in [0.05, 0.1) is 0 Å². The van der Waals surface area contributed by atoms with Crippen molar-refractivity contribution in [2.75, 3.05) is 6.61 Å². The minimum absolute atomic E-state index is 0. The summed E-state index contributed by atoms with van der Waals surface area (Å²) < 4.78 is 6.13. The van der Waals surface area contributed by atoms with Gasteiger partial charge in [-0.2, -0.15) is 0 Å². The molecule has 4 aliphatic carbocycles. The van der Waals surface area contributed by atoms with Crippen LogP contribution in [0.1, 0.15) is 208 Å².